The Bertz CT molecular complexity index is 2090. The Labute approximate surface area is 631 Å². The predicted octanol–water partition coefficient (Wildman–Crippen LogP) is 24.9. The van der Waals surface area contributed by atoms with Crippen LogP contribution in [0.3, 0.4) is 0 Å². The van der Waals surface area contributed by atoms with E-state index in [9.17, 15) is 43.2 Å². The van der Waals surface area contributed by atoms with Crippen molar-refractivity contribution < 1.29 is 80.2 Å². The van der Waals surface area contributed by atoms with Crippen LogP contribution in [-0.2, 0) is 65.4 Å². The van der Waals surface area contributed by atoms with Crippen LogP contribution in [-0.4, -0.2) is 96.7 Å². The number of phosphoric acid groups is 2. The monoisotopic (exact) mass is 1500 g/mol. The van der Waals surface area contributed by atoms with Crippen LogP contribution in [0.5, 0.6) is 0 Å². The van der Waals surface area contributed by atoms with E-state index in [1.165, 1.54) is 205 Å². The molecule has 0 aliphatic rings. The smallest absolute Gasteiger partial charge is 0.462 e. The number of carbonyl (C=O) groups is 4. The van der Waals surface area contributed by atoms with Crippen molar-refractivity contribution in [2.45, 2.75) is 433 Å². The summed E-state index contributed by atoms with van der Waals surface area (Å²) in [4.78, 5) is 73.1. The first kappa shape index (κ1) is 101. The number of unbranched alkanes of at least 4 members (excludes halogenated alkanes) is 45. The van der Waals surface area contributed by atoms with Crippen molar-refractivity contribution >= 4 is 39.5 Å². The lowest BCUT2D eigenvalue weighted by atomic mass is 10.0. The van der Waals surface area contributed by atoms with E-state index >= 15 is 0 Å². The average Bonchev–Trinajstić information content (AvgIpc) is 0.919. The third-order valence-electron chi connectivity index (χ3n) is 19.0. The molecule has 0 rings (SSSR count). The van der Waals surface area contributed by atoms with E-state index < -0.39 is 97.5 Å². The van der Waals surface area contributed by atoms with Gasteiger partial charge >= 0.3 is 39.5 Å². The quantitative estimate of drug-likeness (QED) is 0.0169. The molecule has 0 fully saturated rings. The third-order valence-corrected chi connectivity index (χ3v) is 20.9. The Hall–Kier alpha value is -2.46. The van der Waals surface area contributed by atoms with Gasteiger partial charge in [-0.25, -0.2) is 9.13 Å². The fourth-order valence-corrected chi connectivity index (χ4v) is 14.1. The second-order valence-corrected chi connectivity index (χ2v) is 33.9. The molecular formula is C84H160O17P2. The van der Waals surface area contributed by atoms with Gasteiger partial charge in [0.2, 0.25) is 0 Å². The zero-order valence-electron chi connectivity index (χ0n) is 67.3. The summed E-state index contributed by atoms with van der Waals surface area (Å²) in [5.74, 6) is 0.194. The van der Waals surface area contributed by atoms with Crippen molar-refractivity contribution in [3.8, 4) is 0 Å². The topological polar surface area (TPSA) is 237 Å². The predicted molar refractivity (Wildman–Crippen MR) is 423 cm³/mol. The van der Waals surface area contributed by atoms with Crippen molar-refractivity contribution in [3.63, 3.8) is 0 Å². The molecule has 0 radical (unpaired) electrons. The number of aliphatic hydroxyl groups is 1. The molecule has 0 aliphatic carbocycles. The summed E-state index contributed by atoms with van der Waals surface area (Å²) in [6.45, 7) is 11.9. The number of hydrogen-bond acceptors (Lipinski definition) is 15. The van der Waals surface area contributed by atoms with Crippen LogP contribution >= 0.6 is 15.6 Å². The molecule has 0 bridgehead atoms. The first-order chi connectivity index (χ1) is 49.7. The number of phosphoric ester groups is 2. The number of hydrogen-bond donors (Lipinski definition) is 3. The van der Waals surface area contributed by atoms with Gasteiger partial charge in [0.1, 0.15) is 19.3 Å². The summed E-state index contributed by atoms with van der Waals surface area (Å²) in [5.41, 5.74) is 0. The van der Waals surface area contributed by atoms with Gasteiger partial charge < -0.3 is 33.8 Å². The molecule has 0 heterocycles. The highest BCUT2D eigenvalue weighted by Crippen LogP contribution is 2.45. The van der Waals surface area contributed by atoms with Gasteiger partial charge in [0, 0.05) is 25.7 Å². The van der Waals surface area contributed by atoms with Crippen LogP contribution in [0.1, 0.15) is 414 Å². The van der Waals surface area contributed by atoms with Crippen molar-refractivity contribution in [1.29, 1.82) is 0 Å². The minimum Gasteiger partial charge on any atom is -0.462 e. The summed E-state index contributed by atoms with van der Waals surface area (Å²) in [6.07, 6.45) is 66.1. The standard InChI is InChI=1S/C84H160O17P2/c1-8-9-10-11-12-13-14-15-20-26-32-37-46-53-60-67-84(89)101-80(72-95-82(87)66-59-52-45-40-39-43-50-57-64-77(6)7)74-99-103(92,93)97-70-78(85)69-96-102(90,91)98-73-79(71-94-81(86)65-58-51-44-36-31-28-23-25-30-35-42-49-56-63-76(4)5)100-83(88)68-61-54-47-38-33-27-22-19-17-16-18-21-24-29-34-41-48-55-62-75(2)3/h13-15,20,75-80,85H,8-12,16-19,21-74H2,1-7H3,(H,90,91)(H,92,93)/b14-13-,20-15-/t78-,79-,80-/m1/s1. The molecule has 5 atom stereocenters. The Morgan fingerprint density at radius 2 is 0.524 bits per heavy atom. The molecule has 0 saturated heterocycles. The number of aliphatic hydroxyl groups excluding tert-OH is 1. The fourth-order valence-electron chi connectivity index (χ4n) is 12.5. The minimum atomic E-state index is -4.97. The van der Waals surface area contributed by atoms with Gasteiger partial charge in [0.15, 0.2) is 12.2 Å². The van der Waals surface area contributed by atoms with Crippen molar-refractivity contribution in [1.82, 2.24) is 0 Å². The zero-order valence-corrected chi connectivity index (χ0v) is 69.1. The number of carbonyl (C=O) groups excluding carboxylic acids is 4. The van der Waals surface area contributed by atoms with Gasteiger partial charge in [0.25, 0.3) is 0 Å². The van der Waals surface area contributed by atoms with Crippen LogP contribution in [0.25, 0.3) is 0 Å². The molecule has 0 spiro atoms. The largest absolute Gasteiger partial charge is 0.472 e. The molecule has 0 amide bonds. The molecule has 2 unspecified atom stereocenters. The first-order valence-corrected chi connectivity index (χ1v) is 45.7. The lowest BCUT2D eigenvalue weighted by Gasteiger charge is -2.21. The summed E-state index contributed by atoms with van der Waals surface area (Å²) in [6, 6.07) is 0. The summed E-state index contributed by atoms with van der Waals surface area (Å²) < 4.78 is 68.8. The van der Waals surface area contributed by atoms with Gasteiger partial charge in [0.05, 0.1) is 26.4 Å². The van der Waals surface area contributed by atoms with Crippen LogP contribution in [0.2, 0.25) is 0 Å². The van der Waals surface area contributed by atoms with Gasteiger partial charge in [-0.05, 0) is 69.1 Å². The van der Waals surface area contributed by atoms with E-state index in [1.807, 2.05) is 0 Å². The normalized spacial score (nSPS) is 14.1. The Kier molecular flexibility index (Phi) is 71.9. The molecule has 0 aromatic carbocycles. The average molecular weight is 1500 g/mol. The molecule has 0 aromatic rings. The second kappa shape index (κ2) is 73.7. The molecule has 0 aliphatic heterocycles. The van der Waals surface area contributed by atoms with E-state index in [2.05, 4.69) is 72.8 Å². The Balaban J connectivity index is 5.27. The van der Waals surface area contributed by atoms with Crippen LogP contribution in [0, 0.1) is 17.8 Å². The van der Waals surface area contributed by atoms with Crippen LogP contribution in [0.4, 0.5) is 0 Å². The SMILES string of the molecule is CCCCCC/C=C\C=C/CCCCCCCC(=O)O[C@H](COC(=O)CCCCCCCCCCC(C)C)COP(=O)(O)OC[C@H](O)COP(=O)(O)OC[C@@H](COC(=O)CCCCCCCCCCCCCCCC(C)C)OC(=O)CCCCCCCCCCCCCCCCCCCCC(C)C. The fraction of sp³-hybridized carbons (Fsp3) is 0.905. The number of esters is 4. The van der Waals surface area contributed by atoms with Crippen LogP contribution in [0.15, 0.2) is 24.3 Å². The lowest BCUT2D eigenvalue weighted by molar-refractivity contribution is -0.161. The van der Waals surface area contributed by atoms with Crippen molar-refractivity contribution in [2.24, 2.45) is 17.8 Å². The maximum atomic E-state index is 13.1. The summed E-state index contributed by atoms with van der Waals surface area (Å²) in [7, 11) is -9.94. The van der Waals surface area contributed by atoms with Crippen molar-refractivity contribution in [3.05, 3.63) is 24.3 Å². The van der Waals surface area contributed by atoms with Gasteiger partial charge in [-0.15, -0.1) is 0 Å². The van der Waals surface area contributed by atoms with E-state index in [4.69, 9.17) is 37.0 Å². The van der Waals surface area contributed by atoms with Gasteiger partial charge in [-0.1, -0.05) is 362 Å². The van der Waals surface area contributed by atoms with E-state index in [-0.39, 0.29) is 25.7 Å². The van der Waals surface area contributed by atoms with E-state index in [0.29, 0.717) is 25.7 Å². The number of ether oxygens (including phenoxy) is 4. The van der Waals surface area contributed by atoms with Crippen molar-refractivity contribution in [2.75, 3.05) is 39.6 Å². The highest BCUT2D eigenvalue weighted by atomic mass is 31.2. The molecular weight excluding hydrogens is 1340 g/mol. The zero-order chi connectivity index (χ0) is 75.8. The summed E-state index contributed by atoms with van der Waals surface area (Å²) >= 11 is 0. The van der Waals surface area contributed by atoms with E-state index in [0.717, 1.165) is 127 Å². The van der Waals surface area contributed by atoms with E-state index in [1.54, 1.807) is 0 Å². The highest BCUT2D eigenvalue weighted by molar-refractivity contribution is 7.47. The summed E-state index contributed by atoms with van der Waals surface area (Å²) in [5, 5.41) is 10.7. The molecule has 103 heavy (non-hydrogen) atoms. The molecule has 19 heteroatoms. The second-order valence-electron chi connectivity index (χ2n) is 31.0. The molecule has 0 aromatic heterocycles. The van der Waals surface area contributed by atoms with Crippen LogP contribution < -0.4 is 0 Å². The molecule has 0 saturated carbocycles. The number of rotatable bonds is 80. The first-order valence-electron chi connectivity index (χ1n) is 42.7. The highest BCUT2D eigenvalue weighted by Gasteiger charge is 2.30. The van der Waals surface area contributed by atoms with Gasteiger partial charge in [-0.3, -0.25) is 37.3 Å². The van der Waals surface area contributed by atoms with Gasteiger partial charge in [-0.2, -0.15) is 0 Å². The number of allylic oxidation sites excluding steroid dienone is 4. The Morgan fingerprint density at radius 1 is 0.301 bits per heavy atom. The third kappa shape index (κ3) is 77.5. The molecule has 3 N–H and O–H groups in total. The Morgan fingerprint density at radius 3 is 0.786 bits per heavy atom. The molecule has 608 valence electrons. The maximum Gasteiger partial charge on any atom is 0.472 e. The molecule has 17 nitrogen and oxygen atoms in total. The minimum absolute atomic E-state index is 0.0845. The maximum absolute atomic E-state index is 13.1. The lowest BCUT2D eigenvalue weighted by Crippen LogP contribution is -2.30.